The van der Waals surface area contributed by atoms with E-state index < -0.39 is 30.2 Å². The first-order chi connectivity index (χ1) is 21.4. The number of amides is 2. The Hall–Kier alpha value is -5.37. The number of anilines is 1. The van der Waals surface area contributed by atoms with Crippen LogP contribution in [0.4, 0.5) is 5.69 Å². The molecule has 0 aromatic heterocycles. The zero-order valence-corrected chi connectivity index (χ0v) is 23.8. The molecule has 1 heterocycles. The smallest absolute Gasteiger partial charge is 0.343 e. The monoisotopic (exact) mass is 587 g/mol. The summed E-state index contributed by atoms with van der Waals surface area (Å²) in [6.07, 6.45) is 2.07. The largest absolute Gasteiger partial charge is 0.454 e. The number of hydrogen-bond acceptors (Lipinski definition) is 7. The predicted molar refractivity (Wildman–Crippen MR) is 161 cm³/mol. The molecule has 0 radical (unpaired) electrons. The molecule has 6 rings (SSSR count). The number of hydrogen-bond donors (Lipinski definition) is 0. The molecule has 44 heavy (non-hydrogen) atoms. The average Bonchev–Trinajstić information content (AvgIpc) is 3.33. The Bertz CT molecular complexity index is 1720. The molecule has 220 valence electrons. The van der Waals surface area contributed by atoms with Crippen molar-refractivity contribution in [2.75, 3.05) is 11.5 Å². The molecule has 8 heteroatoms. The number of carbonyl (C=O) groups is 5. The lowest BCUT2D eigenvalue weighted by atomic mass is 9.73. The van der Waals surface area contributed by atoms with Gasteiger partial charge in [0.2, 0.25) is 11.8 Å². The minimum atomic E-state index is -0.755. The predicted octanol–water partition coefficient (Wildman–Crippen LogP) is 6.02. The van der Waals surface area contributed by atoms with Gasteiger partial charge in [-0.2, -0.15) is 0 Å². The van der Waals surface area contributed by atoms with E-state index in [1.165, 1.54) is 46.9 Å². The van der Waals surface area contributed by atoms with Crippen LogP contribution in [0.5, 0.6) is 5.75 Å². The number of rotatable bonds is 8. The molecule has 0 N–H and O–H groups in total. The summed E-state index contributed by atoms with van der Waals surface area (Å²) in [5.41, 5.74) is 2.28. The molecule has 0 spiro atoms. The second-order valence-corrected chi connectivity index (χ2v) is 11.0. The summed E-state index contributed by atoms with van der Waals surface area (Å²) >= 11 is 0. The van der Waals surface area contributed by atoms with Crippen molar-refractivity contribution in [3.05, 3.63) is 131 Å². The van der Waals surface area contributed by atoms with Crippen molar-refractivity contribution >= 4 is 35.2 Å². The van der Waals surface area contributed by atoms with Crippen LogP contribution in [-0.4, -0.2) is 36.1 Å². The molecule has 1 saturated carbocycles. The Balaban J connectivity index is 1.07. The Kier molecular flexibility index (Phi) is 8.14. The summed E-state index contributed by atoms with van der Waals surface area (Å²) in [5.74, 6) is -2.50. The number of Topliss-reactive ketones (excluding diaryl/α,β-unsaturated/α-hetero) is 1. The Morgan fingerprint density at radius 2 is 1.32 bits per heavy atom. The lowest BCUT2D eigenvalue weighted by Crippen LogP contribution is -2.31. The van der Waals surface area contributed by atoms with Crippen LogP contribution < -0.4 is 9.64 Å². The molecule has 8 nitrogen and oxygen atoms in total. The van der Waals surface area contributed by atoms with Gasteiger partial charge in [0.05, 0.1) is 28.7 Å². The van der Waals surface area contributed by atoms with Crippen LogP contribution in [0.15, 0.2) is 109 Å². The van der Waals surface area contributed by atoms with Crippen molar-refractivity contribution in [1.82, 2.24) is 0 Å². The minimum Gasteiger partial charge on any atom is -0.454 e. The van der Waals surface area contributed by atoms with Gasteiger partial charge in [0.15, 0.2) is 12.4 Å². The van der Waals surface area contributed by atoms with E-state index in [4.69, 9.17) is 9.47 Å². The van der Waals surface area contributed by atoms with Crippen LogP contribution in [0.1, 0.15) is 61.8 Å². The van der Waals surface area contributed by atoms with Crippen LogP contribution >= 0.6 is 0 Å². The van der Waals surface area contributed by atoms with Gasteiger partial charge < -0.3 is 9.47 Å². The number of esters is 2. The number of ketones is 1. The summed E-state index contributed by atoms with van der Waals surface area (Å²) < 4.78 is 10.6. The fourth-order valence-electron chi connectivity index (χ4n) is 5.98. The van der Waals surface area contributed by atoms with E-state index in [0.29, 0.717) is 24.1 Å². The zero-order valence-electron chi connectivity index (χ0n) is 23.8. The SMILES string of the molecule is O=C(COC(=O)c1cccc(N2C(=O)[C@@H]3CC[C@H](c4ccccc4)C[C@H]3C2=O)c1)c1ccc(OC(=O)c2ccccc2)cc1. The van der Waals surface area contributed by atoms with Crippen molar-refractivity contribution < 1.29 is 33.4 Å². The molecule has 2 amide bonds. The van der Waals surface area contributed by atoms with Gasteiger partial charge in [0.1, 0.15) is 5.75 Å². The molecule has 4 aromatic carbocycles. The van der Waals surface area contributed by atoms with Crippen molar-refractivity contribution in [2.24, 2.45) is 11.8 Å². The van der Waals surface area contributed by atoms with Crippen LogP contribution in [-0.2, 0) is 14.3 Å². The highest BCUT2D eigenvalue weighted by atomic mass is 16.5. The number of fused-ring (bicyclic) bond motifs is 1. The molecular weight excluding hydrogens is 558 g/mol. The number of ether oxygens (including phenoxy) is 2. The number of nitrogens with zero attached hydrogens (tertiary/aromatic N) is 1. The topological polar surface area (TPSA) is 107 Å². The maximum atomic E-state index is 13.5. The quantitative estimate of drug-likeness (QED) is 0.107. The van der Waals surface area contributed by atoms with Crippen LogP contribution in [0.2, 0.25) is 0 Å². The van der Waals surface area contributed by atoms with Crippen LogP contribution in [0, 0.1) is 11.8 Å². The lowest BCUT2D eigenvalue weighted by molar-refractivity contribution is -0.122. The highest BCUT2D eigenvalue weighted by Gasteiger charge is 2.50. The summed E-state index contributed by atoms with van der Waals surface area (Å²) in [7, 11) is 0. The first kappa shape index (κ1) is 28.7. The highest BCUT2D eigenvalue weighted by molar-refractivity contribution is 6.22. The molecule has 0 bridgehead atoms. The average molecular weight is 588 g/mol. The molecular formula is C36H29NO7. The first-order valence-electron chi connectivity index (χ1n) is 14.5. The van der Waals surface area contributed by atoms with Crippen molar-refractivity contribution in [3.8, 4) is 5.75 Å². The van der Waals surface area contributed by atoms with Crippen molar-refractivity contribution in [1.29, 1.82) is 0 Å². The van der Waals surface area contributed by atoms with E-state index in [0.717, 1.165) is 6.42 Å². The first-order valence-corrected chi connectivity index (χ1v) is 14.5. The zero-order chi connectivity index (χ0) is 30.6. The van der Waals surface area contributed by atoms with Crippen LogP contribution in [0.25, 0.3) is 0 Å². The molecule has 1 aliphatic carbocycles. The van der Waals surface area contributed by atoms with E-state index in [9.17, 15) is 24.0 Å². The maximum Gasteiger partial charge on any atom is 0.343 e. The molecule has 1 saturated heterocycles. The summed E-state index contributed by atoms with van der Waals surface area (Å²) in [6.45, 7) is -0.515. The summed E-state index contributed by atoms with van der Waals surface area (Å²) in [6, 6.07) is 30.7. The Morgan fingerprint density at radius 1 is 0.659 bits per heavy atom. The van der Waals surface area contributed by atoms with E-state index >= 15 is 0 Å². The minimum absolute atomic E-state index is 0.121. The number of imide groups is 1. The van der Waals surface area contributed by atoms with E-state index in [1.54, 1.807) is 42.5 Å². The third-order valence-corrected chi connectivity index (χ3v) is 8.27. The summed E-state index contributed by atoms with van der Waals surface area (Å²) in [4.78, 5) is 65.7. The van der Waals surface area contributed by atoms with Crippen LogP contribution in [0.3, 0.4) is 0 Å². The van der Waals surface area contributed by atoms with Crippen molar-refractivity contribution in [2.45, 2.75) is 25.2 Å². The maximum absolute atomic E-state index is 13.5. The fourth-order valence-corrected chi connectivity index (χ4v) is 5.98. The second kappa shape index (κ2) is 12.5. The highest BCUT2D eigenvalue weighted by Crippen LogP contribution is 2.45. The molecule has 4 aromatic rings. The van der Waals surface area contributed by atoms with Gasteiger partial charge in [-0.15, -0.1) is 0 Å². The van der Waals surface area contributed by atoms with Gasteiger partial charge in [0.25, 0.3) is 0 Å². The van der Waals surface area contributed by atoms with Gasteiger partial charge in [-0.1, -0.05) is 54.6 Å². The molecule has 2 aliphatic rings. The van der Waals surface area contributed by atoms with Gasteiger partial charge in [-0.05, 0) is 85.3 Å². The second-order valence-electron chi connectivity index (χ2n) is 11.0. The molecule has 0 unspecified atom stereocenters. The molecule has 1 aliphatic heterocycles. The third kappa shape index (κ3) is 5.92. The molecule has 3 atom stereocenters. The molecule has 2 fully saturated rings. The fraction of sp³-hybridized carbons (Fsp3) is 0.194. The van der Waals surface area contributed by atoms with E-state index in [-0.39, 0.29) is 40.5 Å². The Morgan fingerprint density at radius 3 is 2.05 bits per heavy atom. The standard InChI is InChI=1S/C36H29NO7/c38-32(24-14-17-29(18-15-24)44-36(42)25-10-5-2-6-11-25)22-43-35(41)27-12-7-13-28(20-27)37-33(39)30-19-16-26(21-31(30)34(37)40)23-8-3-1-4-9-23/h1-15,17-18,20,26,30-31H,16,19,21-22H2/t26-,30+,31+/m0/s1. The number of benzene rings is 4. The van der Waals surface area contributed by atoms with Gasteiger partial charge in [0, 0.05) is 5.56 Å². The number of carbonyl (C=O) groups excluding carboxylic acids is 5. The van der Waals surface area contributed by atoms with Gasteiger partial charge in [-0.25, -0.2) is 9.59 Å². The van der Waals surface area contributed by atoms with Gasteiger partial charge in [-0.3, -0.25) is 19.3 Å². The third-order valence-electron chi connectivity index (χ3n) is 8.27. The van der Waals surface area contributed by atoms with E-state index in [2.05, 4.69) is 12.1 Å². The van der Waals surface area contributed by atoms with Crippen molar-refractivity contribution in [3.63, 3.8) is 0 Å². The summed E-state index contributed by atoms with van der Waals surface area (Å²) in [5, 5.41) is 0. The Labute approximate surface area is 254 Å². The van der Waals surface area contributed by atoms with E-state index in [1.807, 2.05) is 18.2 Å². The lowest BCUT2D eigenvalue weighted by Gasteiger charge is -2.28. The normalized spacial score (nSPS) is 19.3. The van der Waals surface area contributed by atoms with Gasteiger partial charge >= 0.3 is 11.9 Å².